The molecule has 3 aromatic rings. The van der Waals surface area contributed by atoms with Gasteiger partial charge in [0.2, 0.25) is 0 Å². The maximum atomic E-state index is 11.6. The zero-order chi connectivity index (χ0) is 18.7. The standard InChI is InChI=1S/C19H16Cl2N2O2S/c1-12-22-10-16(7-14(19(24)25)8-17-3-2-6-26-17)23(12)11-13-4-5-15(20)9-18(13)21/h2-7,9-10H,8,11H2,1H3,(H,24,25)/p-1/b14-7+. The number of benzene rings is 1. The van der Waals surface area contributed by atoms with Gasteiger partial charge in [-0.3, -0.25) is 0 Å². The van der Waals surface area contributed by atoms with Gasteiger partial charge in [-0.25, -0.2) is 4.98 Å². The van der Waals surface area contributed by atoms with Crippen LogP contribution in [-0.2, 0) is 17.8 Å². The molecule has 4 nitrogen and oxygen atoms in total. The van der Waals surface area contributed by atoms with Crippen LogP contribution in [0.2, 0.25) is 10.0 Å². The van der Waals surface area contributed by atoms with E-state index in [-0.39, 0.29) is 5.57 Å². The van der Waals surface area contributed by atoms with Crippen LogP contribution in [0.5, 0.6) is 0 Å². The molecular formula is C19H15Cl2N2O2S-. The number of aryl methyl sites for hydroxylation is 1. The summed E-state index contributed by atoms with van der Waals surface area (Å²) < 4.78 is 1.91. The number of carboxylic acid groups (broad SMARTS) is 1. The Hall–Kier alpha value is -2.08. The number of carbonyl (C=O) groups is 1. The van der Waals surface area contributed by atoms with Crippen LogP contribution >= 0.6 is 34.5 Å². The van der Waals surface area contributed by atoms with Gasteiger partial charge >= 0.3 is 0 Å². The van der Waals surface area contributed by atoms with Crippen molar-refractivity contribution < 1.29 is 9.90 Å². The second-order valence-corrected chi connectivity index (χ2v) is 7.64. The van der Waals surface area contributed by atoms with E-state index in [1.807, 2.05) is 35.1 Å². The highest BCUT2D eigenvalue weighted by molar-refractivity contribution is 7.09. The van der Waals surface area contributed by atoms with E-state index in [4.69, 9.17) is 23.2 Å². The van der Waals surface area contributed by atoms with Crippen molar-refractivity contribution >= 4 is 46.6 Å². The number of halogens is 2. The van der Waals surface area contributed by atoms with Gasteiger partial charge in [-0.05, 0) is 47.7 Å². The average molecular weight is 406 g/mol. The summed E-state index contributed by atoms with van der Waals surface area (Å²) in [5, 5.41) is 14.6. The van der Waals surface area contributed by atoms with Gasteiger partial charge < -0.3 is 14.5 Å². The van der Waals surface area contributed by atoms with E-state index in [2.05, 4.69) is 4.98 Å². The van der Waals surface area contributed by atoms with Gasteiger partial charge in [0.05, 0.1) is 24.4 Å². The van der Waals surface area contributed by atoms with E-state index in [9.17, 15) is 9.90 Å². The molecule has 2 aromatic heterocycles. The Labute approximate surface area is 165 Å². The van der Waals surface area contributed by atoms with Crippen molar-refractivity contribution in [2.45, 2.75) is 19.9 Å². The highest BCUT2D eigenvalue weighted by Gasteiger charge is 2.11. The lowest BCUT2D eigenvalue weighted by Gasteiger charge is -2.12. The fourth-order valence-electron chi connectivity index (χ4n) is 2.59. The number of carbonyl (C=O) groups excluding carboxylic acids is 1. The first kappa shape index (κ1) is 18.7. The normalized spacial score (nSPS) is 11.7. The van der Waals surface area contributed by atoms with Gasteiger partial charge in [-0.1, -0.05) is 35.3 Å². The quantitative estimate of drug-likeness (QED) is 0.582. The summed E-state index contributed by atoms with van der Waals surface area (Å²) in [6.07, 6.45) is 3.57. The SMILES string of the molecule is Cc1ncc(/C=C(\Cc2cccs2)C(=O)[O-])n1Cc1ccc(Cl)cc1Cl. The molecule has 0 bridgehead atoms. The minimum atomic E-state index is -1.19. The van der Waals surface area contributed by atoms with Crippen LogP contribution in [0.1, 0.15) is 22.0 Å². The Kier molecular flexibility index (Phi) is 5.81. The molecule has 2 heterocycles. The van der Waals surface area contributed by atoms with Crippen LogP contribution in [0.4, 0.5) is 0 Å². The molecule has 134 valence electrons. The number of hydrogen-bond acceptors (Lipinski definition) is 4. The number of imidazole rings is 1. The molecule has 0 spiro atoms. The Bertz CT molecular complexity index is 962. The monoisotopic (exact) mass is 405 g/mol. The lowest BCUT2D eigenvalue weighted by Crippen LogP contribution is -2.25. The van der Waals surface area contributed by atoms with Crippen molar-refractivity contribution in [1.29, 1.82) is 0 Å². The van der Waals surface area contributed by atoms with E-state index >= 15 is 0 Å². The van der Waals surface area contributed by atoms with Crippen LogP contribution in [0.15, 0.2) is 47.5 Å². The van der Waals surface area contributed by atoms with E-state index in [1.165, 1.54) is 11.3 Å². The highest BCUT2D eigenvalue weighted by Crippen LogP contribution is 2.24. The van der Waals surface area contributed by atoms with Crippen LogP contribution in [0.25, 0.3) is 6.08 Å². The number of carboxylic acids is 1. The molecule has 0 unspecified atom stereocenters. The van der Waals surface area contributed by atoms with Gasteiger partial charge in [0.1, 0.15) is 5.82 Å². The maximum absolute atomic E-state index is 11.6. The van der Waals surface area contributed by atoms with Crippen LogP contribution in [0, 0.1) is 6.92 Å². The topological polar surface area (TPSA) is 57.9 Å². The minimum absolute atomic E-state index is 0.204. The van der Waals surface area contributed by atoms with Crippen molar-refractivity contribution in [1.82, 2.24) is 9.55 Å². The van der Waals surface area contributed by atoms with E-state index in [1.54, 1.807) is 24.4 Å². The Morgan fingerprint density at radius 1 is 1.35 bits per heavy atom. The Balaban J connectivity index is 1.94. The summed E-state index contributed by atoms with van der Waals surface area (Å²) in [6, 6.07) is 9.10. The van der Waals surface area contributed by atoms with Gasteiger partial charge in [-0.15, -0.1) is 11.3 Å². The fraction of sp³-hybridized carbons (Fsp3) is 0.158. The van der Waals surface area contributed by atoms with Crippen LogP contribution in [-0.4, -0.2) is 15.5 Å². The lowest BCUT2D eigenvalue weighted by atomic mass is 10.1. The molecule has 3 rings (SSSR count). The van der Waals surface area contributed by atoms with E-state index < -0.39 is 5.97 Å². The molecule has 0 saturated heterocycles. The van der Waals surface area contributed by atoms with E-state index in [0.717, 1.165) is 16.3 Å². The van der Waals surface area contributed by atoms with Crippen molar-refractivity contribution in [2.75, 3.05) is 0 Å². The fourth-order valence-corrected chi connectivity index (χ4v) is 3.78. The summed E-state index contributed by atoms with van der Waals surface area (Å²) >= 11 is 13.7. The molecule has 1 aromatic carbocycles. The third-order valence-electron chi connectivity index (χ3n) is 3.96. The first-order chi connectivity index (χ1) is 12.4. The number of rotatable bonds is 6. The largest absolute Gasteiger partial charge is 0.545 e. The molecule has 7 heteroatoms. The Morgan fingerprint density at radius 3 is 2.81 bits per heavy atom. The number of thiophene rings is 1. The van der Waals surface area contributed by atoms with Gasteiger partial charge in [0.25, 0.3) is 0 Å². The summed E-state index contributed by atoms with van der Waals surface area (Å²) in [7, 11) is 0. The zero-order valence-corrected chi connectivity index (χ0v) is 16.2. The summed E-state index contributed by atoms with van der Waals surface area (Å²) in [5.74, 6) is -0.426. The van der Waals surface area contributed by atoms with Gasteiger partial charge in [0, 0.05) is 21.3 Å². The molecule has 0 aliphatic carbocycles. The third kappa shape index (κ3) is 4.36. The van der Waals surface area contributed by atoms with Crippen molar-refractivity contribution in [2.24, 2.45) is 0 Å². The third-order valence-corrected chi connectivity index (χ3v) is 5.42. The molecule has 0 aliphatic rings. The van der Waals surface area contributed by atoms with Crippen LogP contribution < -0.4 is 5.11 Å². The number of aromatic nitrogens is 2. The first-order valence-electron chi connectivity index (χ1n) is 7.84. The molecule has 0 amide bonds. The predicted molar refractivity (Wildman–Crippen MR) is 104 cm³/mol. The number of aliphatic carboxylic acids is 1. The minimum Gasteiger partial charge on any atom is -0.545 e. The molecule has 0 atom stereocenters. The lowest BCUT2D eigenvalue weighted by molar-refractivity contribution is -0.299. The second-order valence-electron chi connectivity index (χ2n) is 5.77. The summed E-state index contributed by atoms with van der Waals surface area (Å²) in [5.41, 5.74) is 1.76. The molecule has 0 N–H and O–H groups in total. The zero-order valence-electron chi connectivity index (χ0n) is 13.9. The molecule has 0 aliphatic heterocycles. The molecule has 0 fully saturated rings. The first-order valence-corrected chi connectivity index (χ1v) is 9.48. The molecule has 0 saturated carbocycles. The average Bonchev–Trinajstić information content (AvgIpc) is 3.21. The number of nitrogens with zero attached hydrogens (tertiary/aromatic N) is 2. The highest BCUT2D eigenvalue weighted by atomic mass is 35.5. The Morgan fingerprint density at radius 2 is 2.15 bits per heavy atom. The van der Waals surface area contributed by atoms with E-state index in [0.29, 0.717) is 28.7 Å². The summed E-state index contributed by atoms with van der Waals surface area (Å²) in [6.45, 7) is 2.33. The van der Waals surface area contributed by atoms with Crippen molar-refractivity contribution in [3.63, 3.8) is 0 Å². The van der Waals surface area contributed by atoms with Crippen molar-refractivity contribution in [3.8, 4) is 0 Å². The smallest absolute Gasteiger partial charge is 0.106 e. The van der Waals surface area contributed by atoms with Gasteiger partial charge in [0.15, 0.2) is 0 Å². The maximum Gasteiger partial charge on any atom is 0.106 e. The number of hydrogen-bond donors (Lipinski definition) is 0. The van der Waals surface area contributed by atoms with Crippen LogP contribution in [0.3, 0.4) is 0 Å². The van der Waals surface area contributed by atoms with Gasteiger partial charge in [-0.2, -0.15) is 0 Å². The molecular weight excluding hydrogens is 391 g/mol. The van der Waals surface area contributed by atoms with Crippen molar-refractivity contribution in [3.05, 3.63) is 79.5 Å². The summed E-state index contributed by atoms with van der Waals surface area (Å²) in [4.78, 5) is 16.8. The molecule has 0 radical (unpaired) electrons. The predicted octanol–water partition coefficient (Wildman–Crippen LogP) is 3.98. The second kappa shape index (κ2) is 8.08. The molecule has 26 heavy (non-hydrogen) atoms.